The maximum Gasteiger partial charge on any atom is 0.407 e. The first-order chi connectivity index (χ1) is 21.0. The Hall–Kier alpha value is -5.05. The first-order valence-corrected chi connectivity index (χ1v) is 14.6. The number of nitrogens with zero attached hydrogens (tertiary/aromatic N) is 4. The van der Waals surface area contributed by atoms with Gasteiger partial charge in [0.15, 0.2) is 11.9 Å². The number of benzene rings is 4. The first-order valence-electron chi connectivity index (χ1n) is 14.6. The van der Waals surface area contributed by atoms with Crippen LogP contribution in [0.4, 0.5) is 4.79 Å². The van der Waals surface area contributed by atoms with Crippen molar-refractivity contribution >= 4 is 22.8 Å². The van der Waals surface area contributed by atoms with E-state index < -0.39 is 24.1 Å². The van der Waals surface area contributed by atoms with Gasteiger partial charge < -0.3 is 15.2 Å². The van der Waals surface area contributed by atoms with Crippen molar-refractivity contribution in [3.05, 3.63) is 114 Å². The standard InChI is InChI=1S/C34H33N5O4/c1-2-3-19-31(33(40)41)39-32(36-37-38-39)30(20-23-13-10-12-22-11-4-5-14-24(22)23)35-34(42)43-21-29-27-17-8-6-15-25(27)26-16-7-9-18-28(26)29/h4-18,29-31H,2-3,19-21H2,1H3,(H,35,42)(H,40,41)/t30-,31?/m0/s1. The molecule has 0 aliphatic heterocycles. The Labute approximate surface area is 249 Å². The van der Waals surface area contributed by atoms with Crippen molar-refractivity contribution in [2.24, 2.45) is 0 Å². The summed E-state index contributed by atoms with van der Waals surface area (Å²) < 4.78 is 7.19. The Morgan fingerprint density at radius 3 is 2.33 bits per heavy atom. The number of carboxylic acid groups (broad SMARTS) is 1. The van der Waals surface area contributed by atoms with Gasteiger partial charge in [-0.25, -0.2) is 14.3 Å². The van der Waals surface area contributed by atoms with Crippen molar-refractivity contribution in [1.82, 2.24) is 25.5 Å². The molecule has 6 rings (SSSR count). The monoisotopic (exact) mass is 575 g/mol. The fourth-order valence-electron chi connectivity index (χ4n) is 6.08. The minimum Gasteiger partial charge on any atom is -0.480 e. The quantitative estimate of drug-likeness (QED) is 0.185. The molecule has 0 saturated heterocycles. The van der Waals surface area contributed by atoms with E-state index in [1.807, 2.05) is 73.7 Å². The number of unbranched alkanes of at least 4 members (excludes halogenated alkanes) is 1. The number of carboxylic acids is 1. The Morgan fingerprint density at radius 1 is 0.930 bits per heavy atom. The lowest BCUT2D eigenvalue weighted by molar-refractivity contribution is -0.141. The van der Waals surface area contributed by atoms with Gasteiger partial charge in [-0.2, -0.15) is 0 Å². The minimum absolute atomic E-state index is 0.0922. The molecule has 2 N–H and O–H groups in total. The van der Waals surface area contributed by atoms with Crippen LogP contribution in [0.5, 0.6) is 0 Å². The van der Waals surface area contributed by atoms with Crippen LogP contribution in [0.3, 0.4) is 0 Å². The maximum absolute atomic E-state index is 13.4. The van der Waals surface area contributed by atoms with Crippen molar-refractivity contribution in [2.45, 2.75) is 50.6 Å². The van der Waals surface area contributed by atoms with E-state index >= 15 is 0 Å². The molecule has 9 heteroatoms. The van der Waals surface area contributed by atoms with Gasteiger partial charge >= 0.3 is 12.1 Å². The Morgan fingerprint density at radius 2 is 1.60 bits per heavy atom. The number of carbonyl (C=O) groups excluding carboxylic acids is 1. The van der Waals surface area contributed by atoms with Crippen LogP contribution in [0, 0.1) is 0 Å². The van der Waals surface area contributed by atoms with Gasteiger partial charge in [0.1, 0.15) is 6.61 Å². The van der Waals surface area contributed by atoms with Crippen LogP contribution in [0.1, 0.15) is 66.7 Å². The highest BCUT2D eigenvalue weighted by molar-refractivity contribution is 5.86. The summed E-state index contributed by atoms with van der Waals surface area (Å²) in [6.07, 6.45) is 1.62. The number of amides is 1. The van der Waals surface area contributed by atoms with Gasteiger partial charge in [-0.05, 0) is 55.4 Å². The zero-order valence-corrected chi connectivity index (χ0v) is 23.9. The van der Waals surface area contributed by atoms with Crippen molar-refractivity contribution in [1.29, 1.82) is 0 Å². The first kappa shape index (κ1) is 28.1. The second-order valence-corrected chi connectivity index (χ2v) is 10.8. The predicted octanol–water partition coefficient (Wildman–Crippen LogP) is 6.46. The van der Waals surface area contributed by atoms with Gasteiger partial charge in [-0.3, -0.25) is 0 Å². The highest BCUT2D eigenvalue weighted by Crippen LogP contribution is 2.44. The van der Waals surface area contributed by atoms with Gasteiger partial charge in [-0.15, -0.1) is 5.10 Å². The van der Waals surface area contributed by atoms with Gasteiger partial charge in [0.25, 0.3) is 0 Å². The van der Waals surface area contributed by atoms with E-state index in [0.29, 0.717) is 19.3 Å². The molecule has 0 radical (unpaired) electrons. The van der Waals surface area contributed by atoms with E-state index in [2.05, 4.69) is 45.1 Å². The number of aromatic nitrogens is 4. The molecular formula is C34H33N5O4. The Bertz CT molecular complexity index is 1720. The fraction of sp³-hybridized carbons (Fsp3) is 0.265. The molecule has 9 nitrogen and oxygen atoms in total. The second kappa shape index (κ2) is 12.4. The van der Waals surface area contributed by atoms with Crippen LogP contribution in [-0.2, 0) is 16.0 Å². The molecule has 2 atom stereocenters. The number of hydrogen-bond donors (Lipinski definition) is 2. The largest absolute Gasteiger partial charge is 0.480 e. The average Bonchev–Trinajstić information content (AvgIpc) is 3.63. The normalized spacial score (nSPS) is 13.7. The third-order valence-corrected chi connectivity index (χ3v) is 8.18. The van der Waals surface area contributed by atoms with Gasteiger partial charge in [0.2, 0.25) is 0 Å². The number of carbonyl (C=O) groups is 2. The number of rotatable bonds is 11. The van der Waals surface area contributed by atoms with Crippen molar-refractivity contribution < 1.29 is 19.4 Å². The average molecular weight is 576 g/mol. The van der Waals surface area contributed by atoms with Crippen molar-refractivity contribution in [3.63, 3.8) is 0 Å². The highest BCUT2D eigenvalue weighted by Gasteiger charge is 2.32. The molecule has 0 bridgehead atoms. The van der Waals surface area contributed by atoms with Crippen LogP contribution >= 0.6 is 0 Å². The molecule has 0 fully saturated rings. The molecule has 5 aromatic rings. The number of nitrogens with one attached hydrogen (secondary N) is 1. The van der Waals surface area contributed by atoms with E-state index in [4.69, 9.17) is 4.74 Å². The Balaban J connectivity index is 1.28. The SMILES string of the molecule is CCCCC(C(=O)O)n1nnnc1[C@H](Cc1cccc2ccccc12)NC(=O)OCC1c2ccccc2-c2ccccc21. The van der Waals surface area contributed by atoms with E-state index in [9.17, 15) is 14.7 Å². The summed E-state index contributed by atoms with van der Waals surface area (Å²) in [4.78, 5) is 25.7. The van der Waals surface area contributed by atoms with Gasteiger partial charge in [0, 0.05) is 12.3 Å². The van der Waals surface area contributed by atoms with Crippen LogP contribution in [-0.4, -0.2) is 44.0 Å². The maximum atomic E-state index is 13.4. The third kappa shape index (κ3) is 5.70. The van der Waals surface area contributed by atoms with Crippen molar-refractivity contribution in [2.75, 3.05) is 6.61 Å². The summed E-state index contributed by atoms with van der Waals surface area (Å²) >= 11 is 0. The van der Waals surface area contributed by atoms with Crippen molar-refractivity contribution in [3.8, 4) is 11.1 Å². The van der Waals surface area contributed by atoms with Crippen LogP contribution < -0.4 is 5.32 Å². The molecule has 4 aromatic carbocycles. The molecule has 0 spiro atoms. The lowest BCUT2D eigenvalue weighted by atomic mass is 9.98. The van der Waals surface area contributed by atoms with Crippen LogP contribution in [0.2, 0.25) is 0 Å². The summed E-state index contributed by atoms with van der Waals surface area (Å²) in [5.41, 5.74) is 5.50. The van der Waals surface area contributed by atoms with Crippen LogP contribution in [0.25, 0.3) is 21.9 Å². The number of aliphatic carboxylic acids is 1. The smallest absolute Gasteiger partial charge is 0.407 e. The zero-order valence-electron chi connectivity index (χ0n) is 23.9. The number of hydrogen-bond acceptors (Lipinski definition) is 6. The fourth-order valence-corrected chi connectivity index (χ4v) is 6.08. The molecule has 1 heterocycles. The van der Waals surface area contributed by atoms with Crippen LogP contribution in [0.15, 0.2) is 91.0 Å². The summed E-state index contributed by atoms with van der Waals surface area (Å²) in [5, 5.41) is 27.2. The number of ether oxygens (including phenoxy) is 1. The van der Waals surface area contributed by atoms with E-state index in [1.54, 1.807) is 0 Å². The zero-order chi connectivity index (χ0) is 29.8. The number of fused-ring (bicyclic) bond motifs is 4. The molecule has 1 unspecified atom stereocenters. The van der Waals surface area contributed by atoms with E-state index in [-0.39, 0.29) is 18.3 Å². The molecule has 1 aliphatic rings. The molecule has 0 saturated carbocycles. The lowest BCUT2D eigenvalue weighted by Crippen LogP contribution is -2.35. The number of tetrazole rings is 1. The summed E-state index contributed by atoms with van der Waals surface area (Å²) in [5.74, 6) is -0.845. The minimum atomic E-state index is -1.02. The van der Waals surface area contributed by atoms with Gasteiger partial charge in [0.05, 0.1) is 6.04 Å². The van der Waals surface area contributed by atoms with E-state index in [0.717, 1.165) is 45.0 Å². The molecule has 218 valence electrons. The molecular weight excluding hydrogens is 542 g/mol. The molecule has 1 aromatic heterocycles. The number of alkyl carbamates (subject to hydrolysis) is 1. The van der Waals surface area contributed by atoms with Gasteiger partial charge in [-0.1, -0.05) is 111 Å². The molecule has 1 amide bonds. The molecule has 1 aliphatic carbocycles. The van der Waals surface area contributed by atoms with E-state index in [1.165, 1.54) is 4.68 Å². The topological polar surface area (TPSA) is 119 Å². The summed E-state index contributed by atoms with van der Waals surface area (Å²) in [6.45, 7) is 2.15. The molecule has 43 heavy (non-hydrogen) atoms. The lowest BCUT2D eigenvalue weighted by Gasteiger charge is -2.22. The third-order valence-electron chi connectivity index (χ3n) is 8.18. The summed E-state index contributed by atoms with van der Waals surface area (Å²) in [7, 11) is 0. The Kier molecular flexibility index (Phi) is 8.13. The summed E-state index contributed by atoms with van der Waals surface area (Å²) in [6, 6.07) is 28.6. The highest BCUT2D eigenvalue weighted by atomic mass is 16.5. The second-order valence-electron chi connectivity index (χ2n) is 10.8. The predicted molar refractivity (Wildman–Crippen MR) is 163 cm³/mol.